The van der Waals surface area contributed by atoms with Gasteiger partial charge >= 0.3 is 11.9 Å². The van der Waals surface area contributed by atoms with Gasteiger partial charge in [0.2, 0.25) is 10.0 Å². The van der Waals surface area contributed by atoms with Crippen LogP contribution in [0.4, 0.5) is 4.39 Å². The van der Waals surface area contributed by atoms with E-state index >= 15 is 0 Å². The largest absolute Gasteiger partial charge is 0.480 e. The van der Waals surface area contributed by atoms with Gasteiger partial charge in [0.15, 0.2) is 0 Å². The summed E-state index contributed by atoms with van der Waals surface area (Å²) in [7, 11) is -3.23. The van der Waals surface area contributed by atoms with Gasteiger partial charge in [-0.1, -0.05) is 0 Å². The van der Waals surface area contributed by atoms with E-state index in [2.05, 4.69) is 4.74 Å². The zero-order valence-electron chi connectivity index (χ0n) is 12.4. The van der Waals surface area contributed by atoms with Crippen molar-refractivity contribution in [2.24, 2.45) is 0 Å². The van der Waals surface area contributed by atoms with Crippen LogP contribution in [0, 0.1) is 5.82 Å². The molecule has 2 rings (SSSR count). The number of benzene rings is 1. The minimum atomic E-state index is -4.27. The Morgan fingerprint density at radius 3 is 2.65 bits per heavy atom. The second-order valence-electron chi connectivity index (χ2n) is 5.10. The summed E-state index contributed by atoms with van der Waals surface area (Å²) in [5, 5.41) is 9.23. The topological polar surface area (TPSA) is 101 Å². The highest BCUT2D eigenvalue weighted by Crippen LogP contribution is 2.28. The lowest BCUT2D eigenvalue weighted by Crippen LogP contribution is -2.48. The Morgan fingerprint density at radius 1 is 1.35 bits per heavy atom. The normalized spacial score (nSPS) is 19.3. The molecule has 1 heterocycles. The molecule has 1 atom stereocenters. The number of esters is 1. The summed E-state index contributed by atoms with van der Waals surface area (Å²) in [4.78, 5) is 22.6. The Bertz CT molecular complexity index is 733. The van der Waals surface area contributed by atoms with E-state index in [1.54, 1.807) is 0 Å². The fourth-order valence-corrected chi connectivity index (χ4v) is 4.38. The van der Waals surface area contributed by atoms with Crippen LogP contribution >= 0.6 is 0 Å². The van der Waals surface area contributed by atoms with E-state index in [1.165, 1.54) is 0 Å². The summed E-state index contributed by atoms with van der Waals surface area (Å²) in [6.07, 6.45) is 1.29. The summed E-state index contributed by atoms with van der Waals surface area (Å²) in [5.41, 5.74) is -0.456. The van der Waals surface area contributed by atoms with Crippen LogP contribution in [0.2, 0.25) is 0 Å². The van der Waals surface area contributed by atoms with E-state index in [9.17, 15) is 27.5 Å². The molecule has 1 N–H and O–H groups in total. The summed E-state index contributed by atoms with van der Waals surface area (Å²) in [6.45, 7) is 0.0251. The monoisotopic (exact) mass is 345 g/mol. The Balaban J connectivity index is 2.55. The van der Waals surface area contributed by atoms with E-state index < -0.39 is 44.3 Å². The SMILES string of the molecule is COC(=O)c1cc(F)ccc1S(=O)(=O)N1CCCCC1C(=O)O. The van der Waals surface area contributed by atoms with E-state index in [0.29, 0.717) is 12.8 Å². The first-order chi connectivity index (χ1) is 10.8. The molecule has 0 radical (unpaired) electrons. The van der Waals surface area contributed by atoms with Gasteiger partial charge in [-0.2, -0.15) is 4.31 Å². The van der Waals surface area contributed by atoms with Crippen molar-refractivity contribution in [1.82, 2.24) is 4.31 Å². The average Bonchev–Trinajstić information content (AvgIpc) is 2.53. The maximum Gasteiger partial charge on any atom is 0.339 e. The summed E-state index contributed by atoms with van der Waals surface area (Å²) < 4.78 is 44.3. The lowest BCUT2D eigenvalue weighted by molar-refractivity contribution is -0.142. The van der Waals surface area contributed by atoms with Crippen LogP contribution in [0.15, 0.2) is 23.1 Å². The molecule has 0 aromatic heterocycles. The number of carboxylic acid groups (broad SMARTS) is 1. The quantitative estimate of drug-likeness (QED) is 0.824. The number of hydrogen-bond donors (Lipinski definition) is 1. The lowest BCUT2D eigenvalue weighted by Gasteiger charge is -2.32. The van der Waals surface area contributed by atoms with Gasteiger partial charge in [0, 0.05) is 6.54 Å². The van der Waals surface area contributed by atoms with Crippen molar-refractivity contribution >= 4 is 22.0 Å². The first kappa shape index (κ1) is 17.4. The molecule has 0 aliphatic carbocycles. The Hall–Kier alpha value is -2.00. The Labute approximate surface area is 132 Å². The second-order valence-corrected chi connectivity index (χ2v) is 6.96. The highest BCUT2D eigenvalue weighted by Gasteiger charge is 2.39. The zero-order valence-corrected chi connectivity index (χ0v) is 13.2. The molecule has 1 aromatic carbocycles. The molecule has 1 aliphatic rings. The number of sulfonamides is 1. The Kier molecular flexibility index (Phi) is 5.00. The average molecular weight is 345 g/mol. The molecule has 0 bridgehead atoms. The molecule has 0 saturated carbocycles. The van der Waals surface area contributed by atoms with E-state index in [1.807, 2.05) is 0 Å². The number of piperidine rings is 1. The van der Waals surface area contributed by atoms with E-state index in [4.69, 9.17) is 0 Å². The number of carbonyl (C=O) groups excluding carboxylic acids is 1. The van der Waals surface area contributed by atoms with Crippen LogP contribution in [-0.2, 0) is 19.6 Å². The van der Waals surface area contributed by atoms with Crippen LogP contribution < -0.4 is 0 Å². The molecule has 1 aliphatic heterocycles. The minimum Gasteiger partial charge on any atom is -0.480 e. The molecule has 23 heavy (non-hydrogen) atoms. The zero-order chi connectivity index (χ0) is 17.2. The van der Waals surface area contributed by atoms with Crippen molar-refractivity contribution in [3.63, 3.8) is 0 Å². The molecule has 7 nitrogen and oxygen atoms in total. The molecular formula is C14H16FNO6S. The standard InChI is InChI=1S/C14H16FNO6S/c1-22-14(19)10-8-9(15)5-6-12(10)23(20,21)16-7-3-2-4-11(16)13(17)18/h5-6,8,11H,2-4,7H2,1H3,(H,17,18). The van der Waals surface area contributed by atoms with E-state index in [-0.39, 0.29) is 13.0 Å². The summed E-state index contributed by atoms with van der Waals surface area (Å²) in [6, 6.07) is 1.41. The van der Waals surface area contributed by atoms with Gasteiger partial charge in [-0.15, -0.1) is 0 Å². The number of halogens is 1. The molecule has 1 unspecified atom stereocenters. The highest BCUT2D eigenvalue weighted by molar-refractivity contribution is 7.89. The molecular weight excluding hydrogens is 329 g/mol. The molecule has 1 saturated heterocycles. The molecule has 9 heteroatoms. The van der Waals surface area contributed by atoms with Gasteiger partial charge in [-0.3, -0.25) is 4.79 Å². The number of nitrogens with zero attached hydrogens (tertiary/aromatic N) is 1. The number of rotatable bonds is 4. The van der Waals surface area contributed by atoms with Gasteiger partial charge < -0.3 is 9.84 Å². The number of carbonyl (C=O) groups is 2. The van der Waals surface area contributed by atoms with Crippen LogP contribution in [0.3, 0.4) is 0 Å². The smallest absolute Gasteiger partial charge is 0.339 e. The Morgan fingerprint density at radius 2 is 2.04 bits per heavy atom. The maximum absolute atomic E-state index is 13.4. The van der Waals surface area contributed by atoms with E-state index in [0.717, 1.165) is 29.6 Å². The first-order valence-electron chi connectivity index (χ1n) is 6.91. The first-order valence-corrected chi connectivity index (χ1v) is 8.35. The fourth-order valence-electron chi connectivity index (χ4n) is 2.56. The molecule has 0 spiro atoms. The number of hydrogen-bond acceptors (Lipinski definition) is 5. The van der Waals surface area contributed by atoms with Crippen LogP contribution in [-0.4, -0.2) is 49.5 Å². The minimum absolute atomic E-state index is 0.0251. The molecule has 126 valence electrons. The maximum atomic E-state index is 13.4. The van der Waals surface area contributed by atoms with Gasteiger partial charge in [0.05, 0.1) is 17.6 Å². The van der Waals surface area contributed by atoms with Crippen LogP contribution in [0.1, 0.15) is 29.6 Å². The third-order valence-corrected chi connectivity index (χ3v) is 5.64. The van der Waals surface area contributed by atoms with Gasteiger partial charge in [-0.05, 0) is 37.5 Å². The summed E-state index contributed by atoms with van der Waals surface area (Å²) >= 11 is 0. The fraction of sp³-hybridized carbons (Fsp3) is 0.429. The predicted molar refractivity (Wildman–Crippen MR) is 76.9 cm³/mol. The van der Waals surface area contributed by atoms with Crippen molar-refractivity contribution in [1.29, 1.82) is 0 Å². The molecule has 1 aromatic rings. The molecule has 0 amide bonds. The van der Waals surface area contributed by atoms with Crippen LogP contribution in [0.25, 0.3) is 0 Å². The highest BCUT2D eigenvalue weighted by atomic mass is 32.2. The second kappa shape index (κ2) is 6.63. The van der Waals surface area contributed by atoms with Gasteiger partial charge in [0.1, 0.15) is 11.9 Å². The number of ether oxygens (including phenoxy) is 1. The number of aliphatic carboxylic acids is 1. The molecule has 1 fully saturated rings. The number of carboxylic acids is 1. The van der Waals surface area contributed by atoms with Gasteiger partial charge in [0.25, 0.3) is 0 Å². The predicted octanol–water partition coefficient (Wildman–Crippen LogP) is 1.24. The lowest BCUT2D eigenvalue weighted by atomic mass is 10.1. The van der Waals surface area contributed by atoms with Crippen LogP contribution in [0.5, 0.6) is 0 Å². The third-order valence-electron chi connectivity index (χ3n) is 3.67. The third kappa shape index (κ3) is 3.35. The summed E-state index contributed by atoms with van der Waals surface area (Å²) in [5.74, 6) is -3.06. The van der Waals surface area contributed by atoms with Crippen molar-refractivity contribution in [2.45, 2.75) is 30.2 Å². The number of methoxy groups -OCH3 is 1. The van der Waals surface area contributed by atoms with Crippen molar-refractivity contribution in [2.75, 3.05) is 13.7 Å². The van der Waals surface area contributed by atoms with Gasteiger partial charge in [-0.25, -0.2) is 17.6 Å². The van der Waals surface area contributed by atoms with Crippen molar-refractivity contribution < 1.29 is 32.2 Å². The van der Waals surface area contributed by atoms with Crippen molar-refractivity contribution in [3.8, 4) is 0 Å². The van der Waals surface area contributed by atoms with Crippen molar-refractivity contribution in [3.05, 3.63) is 29.6 Å².